The number of anilines is 1. The molecular weight excluding hydrogens is 260 g/mol. The second-order valence-electron chi connectivity index (χ2n) is 7.10. The first-order valence-corrected chi connectivity index (χ1v) is 8.25. The van der Waals surface area contributed by atoms with Gasteiger partial charge in [0.25, 0.3) is 0 Å². The molecule has 1 N–H and O–H groups in total. The van der Waals surface area contributed by atoms with Crippen molar-refractivity contribution in [1.29, 1.82) is 0 Å². The zero-order valence-corrected chi connectivity index (χ0v) is 14.1. The summed E-state index contributed by atoms with van der Waals surface area (Å²) < 4.78 is 0. The standard InChI is InChI=1S/C17H30N4/c1-12(2)7-18-8-16-9-19-10-17(20-16)21-11-13(3)6-14(4)15(21)5/h9-10,12-15,18H,6-8,11H2,1-5H3. The molecule has 1 saturated heterocycles. The smallest absolute Gasteiger partial charge is 0.147 e. The quantitative estimate of drug-likeness (QED) is 0.905. The minimum Gasteiger partial charge on any atom is -0.352 e. The molecule has 1 aromatic heterocycles. The van der Waals surface area contributed by atoms with Crippen molar-refractivity contribution >= 4 is 5.82 Å². The predicted molar refractivity (Wildman–Crippen MR) is 88.3 cm³/mol. The summed E-state index contributed by atoms with van der Waals surface area (Å²) in [6, 6.07) is 0.536. The Hall–Kier alpha value is -1.16. The van der Waals surface area contributed by atoms with Crippen LogP contribution in [-0.2, 0) is 6.54 Å². The summed E-state index contributed by atoms with van der Waals surface area (Å²) in [5.74, 6) is 3.12. The van der Waals surface area contributed by atoms with Gasteiger partial charge in [-0.15, -0.1) is 0 Å². The maximum atomic E-state index is 4.81. The molecule has 0 bridgehead atoms. The molecule has 0 aromatic carbocycles. The van der Waals surface area contributed by atoms with Crippen molar-refractivity contribution in [2.45, 2.75) is 53.6 Å². The van der Waals surface area contributed by atoms with Crippen LogP contribution in [0.15, 0.2) is 12.4 Å². The third kappa shape index (κ3) is 4.40. The fourth-order valence-corrected chi connectivity index (χ4v) is 3.12. The van der Waals surface area contributed by atoms with E-state index < -0.39 is 0 Å². The molecule has 0 amide bonds. The van der Waals surface area contributed by atoms with Gasteiger partial charge in [-0.05, 0) is 37.6 Å². The predicted octanol–water partition coefficient (Wildman–Crippen LogP) is 3.09. The summed E-state index contributed by atoms with van der Waals surface area (Å²) in [5, 5.41) is 3.44. The van der Waals surface area contributed by atoms with Crippen molar-refractivity contribution in [3.05, 3.63) is 18.1 Å². The Bertz CT molecular complexity index is 446. The van der Waals surface area contributed by atoms with Crippen LogP contribution >= 0.6 is 0 Å². The third-order valence-electron chi connectivity index (χ3n) is 4.42. The Morgan fingerprint density at radius 3 is 2.76 bits per heavy atom. The van der Waals surface area contributed by atoms with Crippen LogP contribution in [0.3, 0.4) is 0 Å². The fourth-order valence-electron chi connectivity index (χ4n) is 3.12. The van der Waals surface area contributed by atoms with Gasteiger partial charge in [-0.25, -0.2) is 4.98 Å². The summed E-state index contributed by atoms with van der Waals surface area (Å²) >= 11 is 0. The SMILES string of the molecule is CC(C)CNCc1cncc(N2CC(C)CC(C)C2C)n1. The van der Waals surface area contributed by atoms with E-state index >= 15 is 0 Å². The Kier molecular flexibility index (Phi) is 5.57. The zero-order chi connectivity index (χ0) is 15.4. The van der Waals surface area contributed by atoms with E-state index in [2.05, 4.69) is 49.8 Å². The van der Waals surface area contributed by atoms with Crippen molar-refractivity contribution in [2.24, 2.45) is 17.8 Å². The Morgan fingerprint density at radius 1 is 1.29 bits per heavy atom. The third-order valence-corrected chi connectivity index (χ3v) is 4.42. The molecule has 0 spiro atoms. The Morgan fingerprint density at radius 2 is 2.05 bits per heavy atom. The first-order chi connectivity index (χ1) is 9.97. The average Bonchev–Trinajstić information content (AvgIpc) is 2.43. The highest BCUT2D eigenvalue weighted by Gasteiger charge is 2.29. The van der Waals surface area contributed by atoms with E-state index in [0.29, 0.717) is 17.9 Å². The van der Waals surface area contributed by atoms with Gasteiger partial charge in [0, 0.05) is 25.3 Å². The van der Waals surface area contributed by atoms with Crippen molar-refractivity contribution in [2.75, 3.05) is 18.0 Å². The van der Waals surface area contributed by atoms with Gasteiger partial charge in [-0.1, -0.05) is 27.7 Å². The number of piperidine rings is 1. The van der Waals surface area contributed by atoms with Gasteiger partial charge in [0.2, 0.25) is 0 Å². The Labute approximate surface area is 129 Å². The van der Waals surface area contributed by atoms with Crippen molar-refractivity contribution in [3.63, 3.8) is 0 Å². The first kappa shape index (κ1) is 16.2. The normalized spacial score (nSPS) is 26.4. The van der Waals surface area contributed by atoms with E-state index in [-0.39, 0.29) is 0 Å². The van der Waals surface area contributed by atoms with Crippen LogP contribution in [0.25, 0.3) is 0 Å². The molecule has 3 atom stereocenters. The van der Waals surface area contributed by atoms with Gasteiger partial charge in [0.1, 0.15) is 5.82 Å². The molecule has 1 aliphatic rings. The second-order valence-corrected chi connectivity index (χ2v) is 7.10. The summed E-state index contributed by atoms with van der Waals surface area (Å²) in [5.41, 5.74) is 1.03. The van der Waals surface area contributed by atoms with Gasteiger partial charge in [-0.2, -0.15) is 0 Å². The van der Waals surface area contributed by atoms with Crippen LogP contribution in [0.2, 0.25) is 0 Å². The molecule has 0 saturated carbocycles. The topological polar surface area (TPSA) is 41.1 Å². The van der Waals surface area contributed by atoms with Crippen LogP contribution < -0.4 is 10.2 Å². The number of rotatable bonds is 5. The lowest BCUT2D eigenvalue weighted by Gasteiger charge is -2.41. The highest BCUT2D eigenvalue weighted by atomic mass is 15.2. The molecule has 4 nitrogen and oxygen atoms in total. The molecule has 2 rings (SSSR count). The van der Waals surface area contributed by atoms with Gasteiger partial charge < -0.3 is 10.2 Å². The summed E-state index contributed by atoms with van der Waals surface area (Å²) in [6.45, 7) is 14.3. The number of nitrogens with one attached hydrogen (secondary N) is 1. The zero-order valence-electron chi connectivity index (χ0n) is 14.1. The van der Waals surface area contributed by atoms with Crippen molar-refractivity contribution < 1.29 is 0 Å². The first-order valence-electron chi connectivity index (χ1n) is 8.25. The highest BCUT2D eigenvalue weighted by molar-refractivity contribution is 5.38. The largest absolute Gasteiger partial charge is 0.352 e. The van der Waals surface area contributed by atoms with Crippen molar-refractivity contribution in [3.8, 4) is 0 Å². The summed E-state index contributed by atoms with van der Waals surface area (Å²) in [4.78, 5) is 11.6. The van der Waals surface area contributed by atoms with E-state index in [1.165, 1.54) is 6.42 Å². The van der Waals surface area contributed by atoms with Gasteiger partial charge >= 0.3 is 0 Å². The van der Waals surface area contributed by atoms with E-state index in [0.717, 1.165) is 37.1 Å². The van der Waals surface area contributed by atoms with Crippen LogP contribution in [0, 0.1) is 17.8 Å². The van der Waals surface area contributed by atoms with Crippen LogP contribution in [0.5, 0.6) is 0 Å². The van der Waals surface area contributed by atoms with Gasteiger partial charge in [0.15, 0.2) is 0 Å². The number of aromatic nitrogens is 2. The monoisotopic (exact) mass is 290 g/mol. The summed E-state index contributed by atoms with van der Waals surface area (Å²) in [7, 11) is 0. The molecule has 118 valence electrons. The molecule has 0 aliphatic carbocycles. The lowest BCUT2D eigenvalue weighted by molar-refractivity contribution is 0.295. The van der Waals surface area contributed by atoms with Crippen molar-refractivity contribution in [1.82, 2.24) is 15.3 Å². The Balaban J connectivity index is 2.05. The van der Waals surface area contributed by atoms with Gasteiger partial charge in [-0.3, -0.25) is 4.98 Å². The molecule has 1 aliphatic heterocycles. The average molecular weight is 290 g/mol. The van der Waals surface area contributed by atoms with E-state index in [1.54, 1.807) is 0 Å². The molecule has 2 heterocycles. The minimum absolute atomic E-state index is 0.536. The molecule has 0 radical (unpaired) electrons. The molecule has 4 heteroatoms. The molecule has 3 unspecified atom stereocenters. The van der Waals surface area contributed by atoms with Crippen LogP contribution in [0.1, 0.15) is 46.7 Å². The number of nitrogens with zero attached hydrogens (tertiary/aromatic N) is 3. The van der Waals surface area contributed by atoms with Crippen LogP contribution in [-0.4, -0.2) is 29.1 Å². The lowest BCUT2D eigenvalue weighted by Crippen LogP contribution is -2.46. The van der Waals surface area contributed by atoms with Gasteiger partial charge in [0.05, 0.1) is 11.9 Å². The number of hydrogen-bond acceptors (Lipinski definition) is 4. The lowest BCUT2D eigenvalue weighted by atomic mass is 9.86. The fraction of sp³-hybridized carbons (Fsp3) is 0.765. The second kappa shape index (κ2) is 7.21. The molecule has 1 aromatic rings. The van der Waals surface area contributed by atoms with E-state index in [9.17, 15) is 0 Å². The van der Waals surface area contributed by atoms with E-state index in [1.807, 2.05) is 12.4 Å². The number of hydrogen-bond donors (Lipinski definition) is 1. The highest BCUT2D eigenvalue weighted by Crippen LogP contribution is 2.29. The molecular formula is C17H30N4. The maximum absolute atomic E-state index is 4.81. The maximum Gasteiger partial charge on any atom is 0.147 e. The minimum atomic E-state index is 0.536. The van der Waals surface area contributed by atoms with Crippen LogP contribution in [0.4, 0.5) is 5.82 Å². The molecule has 1 fully saturated rings. The molecule has 21 heavy (non-hydrogen) atoms. The summed E-state index contributed by atoms with van der Waals surface area (Å²) in [6.07, 6.45) is 5.09. The van der Waals surface area contributed by atoms with E-state index in [4.69, 9.17) is 4.98 Å².